The van der Waals surface area contributed by atoms with Crippen LogP contribution in [0.1, 0.15) is 48.0 Å². The molecule has 0 aromatic heterocycles. The van der Waals surface area contributed by atoms with Crippen LogP contribution in [0.2, 0.25) is 0 Å². The van der Waals surface area contributed by atoms with Gasteiger partial charge < -0.3 is 24.3 Å². The Kier molecular flexibility index (Phi) is 8.68. The van der Waals surface area contributed by atoms with Crippen molar-refractivity contribution in [2.24, 2.45) is 5.92 Å². The summed E-state index contributed by atoms with van der Waals surface area (Å²) in [4.78, 5) is 46.2. The van der Waals surface area contributed by atoms with Crippen molar-refractivity contribution in [2.45, 2.75) is 78.4 Å². The predicted molar refractivity (Wildman–Crippen MR) is 93.5 cm³/mol. The van der Waals surface area contributed by atoms with Crippen molar-refractivity contribution in [3.8, 4) is 0 Å². The van der Waals surface area contributed by atoms with Crippen LogP contribution >= 0.6 is 0 Å². The van der Waals surface area contributed by atoms with E-state index < -0.39 is 48.4 Å². The Hall–Kier alpha value is -2.16. The summed E-state index contributed by atoms with van der Waals surface area (Å²) in [6.45, 7) is 8.81. The minimum absolute atomic E-state index is 0.174. The van der Waals surface area contributed by atoms with Gasteiger partial charge in [-0.1, -0.05) is 13.8 Å². The molecule has 2 unspecified atom stereocenters. The zero-order valence-corrected chi connectivity index (χ0v) is 16.6. The Labute approximate surface area is 159 Å². The Bertz CT molecular complexity index is 562. The van der Waals surface area contributed by atoms with E-state index in [0.717, 1.165) is 0 Å². The zero-order valence-electron chi connectivity index (χ0n) is 16.6. The second-order valence-electron chi connectivity index (χ2n) is 7.02. The molecule has 0 radical (unpaired) electrons. The molecule has 5 atom stereocenters. The van der Waals surface area contributed by atoms with E-state index in [1.165, 1.54) is 27.7 Å². The van der Waals surface area contributed by atoms with Crippen molar-refractivity contribution < 1.29 is 38.1 Å². The largest absolute Gasteiger partial charge is 0.463 e. The first-order chi connectivity index (χ1) is 12.5. The highest BCUT2D eigenvalue weighted by atomic mass is 16.6. The van der Waals surface area contributed by atoms with Crippen LogP contribution in [0.25, 0.3) is 0 Å². The first-order valence-corrected chi connectivity index (χ1v) is 8.91. The maximum atomic E-state index is 11.7. The molecule has 1 aliphatic heterocycles. The quantitative estimate of drug-likeness (QED) is 0.502. The third-order valence-electron chi connectivity index (χ3n) is 3.92. The van der Waals surface area contributed by atoms with E-state index in [1.807, 2.05) is 13.8 Å². The van der Waals surface area contributed by atoms with E-state index in [9.17, 15) is 19.2 Å². The van der Waals surface area contributed by atoms with Gasteiger partial charge in [-0.25, -0.2) is 0 Å². The Morgan fingerprint density at radius 1 is 0.889 bits per heavy atom. The summed E-state index contributed by atoms with van der Waals surface area (Å²) in [5.74, 6) is -1.85. The molecular formula is C18H29NO8. The van der Waals surface area contributed by atoms with Gasteiger partial charge in [-0.3, -0.25) is 19.2 Å². The second-order valence-corrected chi connectivity index (χ2v) is 7.02. The molecule has 1 N–H and O–H groups in total. The summed E-state index contributed by atoms with van der Waals surface area (Å²) in [6, 6.07) is -0.716. The van der Waals surface area contributed by atoms with Crippen LogP contribution in [0.4, 0.5) is 0 Å². The number of carbonyl (C=O) groups is 4. The topological polar surface area (TPSA) is 117 Å². The predicted octanol–water partition coefficient (Wildman–Crippen LogP) is 0.731. The Morgan fingerprint density at radius 2 is 1.44 bits per heavy atom. The lowest BCUT2D eigenvalue weighted by Crippen LogP contribution is -2.66. The van der Waals surface area contributed by atoms with Crippen molar-refractivity contribution in [3.05, 3.63) is 0 Å². The van der Waals surface area contributed by atoms with Gasteiger partial charge in [0, 0.05) is 27.7 Å². The molecule has 1 aliphatic rings. The SMILES string of the molecule is CC(=O)N[C@H]1C(OC(C)=O)[C@@H](OC(C)=O)C(COC(C)=O)O[C@H]1CC(C)C. The van der Waals surface area contributed by atoms with Crippen LogP contribution in [-0.4, -0.2) is 60.9 Å². The van der Waals surface area contributed by atoms with E-state index in [4.69, 9.17) is 18.9 Å². The number of nitrogens with one attached hydrogen (secondary N) is 1. The van der Waals surface area contributed by atoms with Crippen LogP contribution in [-0.2, 0) is 38.1 Å². The fourth-order valence-electron chi connectivity index (χ4n) is 3.09. The first kappa shape index (κ1) is 22.9. The normalized spacial score (nSPS) is 27.6. The molecule has 0 bridgehead atoms. The lowest BCUT2D eigenvalue weighted by atomic mass is 9.88. The molecule has 27 heavy (non-hydrogen) atoms. The molecule has 1 amide bonds. The van der Waals surface area contributed by atoms with Gasteiger partial charge in [0.15, 0.2) is 12.2 Å². The average Bonchev–Trinajstić information content (AvgIpc) is 2.49. The fourth-order valence-corrected chi connectivity index (χ4v) is 3.09. The molecule has 1 saturated heterocycles. The Morgan fingerprint density at radius 3 is 1.89 bits per heavy atom. The van der Waals surface area contributed by atoms with Crippen LogP contribution in [0.15, 0.2) is 0 Å². The van der Waals surface area contributed by atoms with Crippen LogP contribution < -0.4 is 5.32 Å². The summed E-state index contributed by atoms with van der Waals surface area (Å²) in [5, 5.41) is 2.74. The standard InChI is InChI=1S/C18H29NO8/c1-9(2)7-14-16(19-10(3)20)18(26-13(6)23)17(25-12(5)22)15(27-14)8-24-11(4)21/h9,14-18H,7-8H2,1-6H3,(H,19,20)/t14-,15?,16+,17-,18?/m0/s1. The lowest BCUT2D eigenvalue weighted by Gasteiger charge is -2.45. The average molecular weight is 387 g/mol. The smallest absolute Gasteiger partial charge is 0.303 e. The van der Waals surface area contributed by atoms with E-state index in [2.05, 4.69) is 5.32 Å². The first-order valence-electron chi connectivity index (χ1n) is 8.91. The highest BCUT2D eigenvalue weighted by Crippen LogP contribution is 2.30. The third kappa shape index (κ3) is 7.54. The zero-order chi connectivity index (χ0) is 20.7. The molecule has 1 fully saturated rings. The fraction of sp³-hybridized carbons (Fsp3) is 0.778. The molecule has 0 aliphatic carbocycles. The second kappa shape index (κ2) is 10.2. The van der Waals surface area contributed by atoms with Crippen LogP contribution in [0, 0.1) is 5.92 Å². The summed E-state index contributed by atoms with van der Waals surface area (Å²) in [6.07, 6.45) is -2.83. The molecular weight excluding hydrogens is 358 g/mol. The van der Waals surface area contributed by atoms with Crippen molar-refractivity contribution in [1.82, 2.24) is 5.32 Å². The van der Waals surface area contributed by atoms with Gasteiger partial charge in [-0.05, 0) is 12.3 Å². The molecule has 1 rings (SSSR count). The summed E-state index contributed by atoms with van der Waals surface area (Å²) in [5.41, 5.74) is 0. The highest BCUT2D eigenvalue weighted by molar-refractivity contribution is 5.73. The van der Waals surface area contributed by atoms with E-state index in [0.29, 0.717) is 6.42 Å². The van der Waals surface area contributed by atoms with Gasteiger partial charge in [0.2, 0.25) is 5.91 Å². The lowest BCUT2D eigenvalue weighted by molar-refractivity contribution is -0.225. The van der Waals surface area contributed by atoms with Crippen LogP contribution in [0.5, 0.6) is 0 Å². The summed E-state index contributed by atoms with van der Waals surface area (Å²) >= 11 is 0. The van der Waals surface area contributed by atoms with E-state index in [1.54, 1.807) is 0 Å². The molecule has 0 aromatic rings. The molecule has 0 saturated carbocycles. The van der Waals surface area contributed by atoms with Gasteiger partial charge >= 0.3 is 17.9 Å². The van der Waals surface area contributed by atoms with Crippen molar-refractivity contribution in [3.63, 3.8) is 0 Å². The minimum Gasteiger partial charge on any atom is -0.463 e. The van der Waals surface area contributed by atoms with Crippen molar-refractivity contribution >= 4 is 23.8 Å². The highest BCUT2D eigenvalue weighted by Gasteiger charge is 2.50. The number of hydrogen-bond donors (Lipinski definition) is 1. The van der Waals surface area contributed by atoms with Gasteiger partial charge in [0.05, 0.1) is 12.1 Å². The number of carbonyl (C=O) groups excluding carboxylic acids is 4. The summed E-state index contributed by atoms with van der Waals surface area (Å²) in [7, 11) is 0. The van der Waals surface area contributed by atoms with E-state index in [-0.39, 0.29) is 18.4 Å². The molecule has 9 heteroatoms. The van der Waals surface area contributed by atoms with Crippen LogP contribution in [0.3, 0.4) is 0 Å². The van der Waals surface area contributed by atoms with Gasteiger partial charge in [0.1, 0.15) is 12.7 Å². The molecule has 9 nitrogen and oxygen atoms in total. The van der Waals surface area contributed by atoms with Crippen molar-refractivity contribution in [1.29, 1.82) is 0 Å². The number of ether oxygens (including phenoxy) is 4. The number of esters is 3. The van der Waals surface area contributed by atoms with Gasteiger partial charge in [0.25, 0.3) is 0 Å². The molecule has 1 heterocycles. The maximum absolute atomic E-state index is 11.7. The molecule has 0 spiro atoms. The number of amides is 1. The van der Waals surface area contributed by atoms with Gasteiger partial charge in [-0.15, -0.1) is 0 Å². The molecule has 0 aromatic carbocycles. The third-order valence-corrected chi connectivity index (χ3v) is 3.92. The monoisotopic (exact) mass is 387 g/mol. The van der Waals surface area contributed by atoms with Gasteiger partial charge in [-0.2, -0.15) is 0 Å². The number of hydrogen-bond acceptors (Lipinski definition) is 8. The van der Waals surface area contributed by atoms with Crippen molar-refractivity contribution in [2.75, 3.05) is 6.61 Å². The maximum Gasteiger partial charge on any atom is 0.303 e. The molecule has 154 valence electrons. The minimum atomic E-state index is -1.04. The summed E-state index contributed by atoms with van der Waals surface area (Å²) < 4.78 is 21.8. The number of rotatable bonds is 7. The van der Waals surface area contributed by atoms with E-state index >= 15 is 0 Å². The Balaban J connectivity index is 3.27.